The summed E-state index contributed by atoms with van der Waals surface area (Å²) in [4.78, 5) is 23.2. The molecule has 1 heterocycles. The van der Waals surface area contributed by atoms with Crippen molar-refractivity contribution in [3.05, 3.63) is 80.8 Å². The van der Waals surface area contributed by atoms with Crippen molar-refractivity contribution < 1.29 is 18.8 Å². The molecule has 0 fully saturated rings. The third-order valence-electron chi connectivity index (χ3n) is 4.84. The largest absolute Gasteiger partial charge is 0.477 e. The van der Waals surface area contributed by atoms with E-state index in [1.54, 1.807) is 31.4 Å². The van der Waals surface area contributed by atoms with E-state index < -0.39 is 23.3 Å². The van der Waals surface area contributed by atoms with Gasteiger partial charge >= 0.3 is 5.69 Å². The van der Waals surface area contributed by atoms with Crippen molar-refractivity contribution >= 4 is 17.4 Å². The zero-order valence-electron chi connectivity index (χ0n) is 17.1. The van der Waals surface area contributed by atoms with Crippen molar-refractivity contribution in [1.82, 2.24) is 4.57 Å². The Hall–Kier alpha value is -4.19. The van der Waals surface area contributed by atoms with Crippen LogP contribution in [0.4, 0.5) is 15.9 Å². The summed E-state index contributed by atoms with van der Waals surface area (Å²) in [6.45, 7) is 4.74. The van der Waals surface area contributed by atoms with E-state index >= 15 is 0 Å². The van der Waals surface area contributed by atoms with Gasteiger partial charge in [-0.05, 0) is 62.2 Å². The molecular weight excluding hydrogens is 403 g/mol. The number of nitriles is 1. The molecule has 3 rings (SSSR count). The van der Waals surface area contributed by atoms with E-state index in [0.717, 1.165) is 0 Å². The number of hydrogen-bond donors (Lipinski definition) is 1. The van der Waals surface area contributed by atoms with Gasteiger partial charge < -0.3 is 10.1 Å². The molecule has 1 N–H and O–H groups in total. The summed E-state index contributed by atoms with van der Waals surface area (Å²) >= 11 is 0. The second-order valence-electron chi connectivity index (χ2n) is 6.92. The Balaban J connectivity index is 1.88. The highest BCUT2D eigenvalue weighted by Crippen LogP contribution is 2.31. The summed E-state index contributed by atoms with van der Waals surface area (Å²) in [7, 11) is 0. The number of nitrogens with one attached hydrogen (secondary N) is 1. The van der Waals surface area contributed by atoms with Crippen molar-refractivity contribution in [1.29, 1.82) is 5.26 Å². The van der Waals surface area contributed by atoms with E-state index in [0.29, 0.717) is 22.5 Å². The molecule has 0 aliphatic rings. The SMILES string of the molecule is Cc1ccc(OCC(=O)Nc2c(C#N)c(C)c(C)n2-c2ccc(F)cc2)c([N+](=O)[O-])c1. The molecule has 0 aliphatic carbocycles. The fourth-order valence-corrected chi connectivity index (χ4v) is 3.18. The summed E-state index contributed by atoms with van der Waals surface area (Å²) in [6.07, 6.45) is 0. The second-order valence-corrected chi connectivity index (χ2v) is 6.92. The molecule has 0 unspecified atom stereocenters. The van der Waals surface area contributed by atoms with Gasteiger partial charge in [-0.2, -0.15) is 5.26 Å². The molecule has 0 aliphatic heterocycles. The molecule has 0 saturated heterocycles. The molecule has 31 heavy (non-hydrogen) atoms. The monoisotopic (exact) mass is 422 g/mol. The van der Waals surface area contributed by atoms with Gasteiger partial charge in [0.1, 0.15) is 17.7 Å². The zero-order chi connectivity index (χ0) is 22.7. The van der Waals surface area contributed by atoms with Crippen LogP contribution in [-0.4, -0.2) is 22.0 Å². The highest BCUT2D eigenvalue weighted by molar-refractivity contribution is 5.93. The molecule has 9 heteroatoms. The lowest BCUT2D eigenvalue weighted by atomic mass is 10.2. The van der Waals surface area contributed by atoms with Gasteiger partial charge in [0.15, 0.2) is 12.4 Å². The maximum Gasteiger partial charge on any atom is 0.311 e. The Morgan fingerprint density at radius 3 is 2.52 bits per heavy atom. The van der Waals surface area contributed by atoms with Crippen LogP contribution in [0.3, 0.4) is 0 Å². The minimum absolute atomic E-state index is 0.0347. The van der Waals surface area contributed by atoms with Crippen LogP contribution in [0.25, 0.3) is 5.69 Å². The molecule has 1 amide bonds. The average molecular weight is 422 g/mol. The molecule has 1 aromatic heterocycles. The summed E-state index contributed by atoms with van der Waals surface area (Å²) in [5.74, 6) is -0.833. The first-order valence-corrected chi connectivity index (χ1v) is 9.28. The normalized spacial score (nSPS) is 10.4. The number of carbonyl (C=O) groups excluding carboxylic acids is 1. The number of anilines is 1. The molecule has 158 valence electrons. The van der Waals surface area contributed by atoms with Crippen molar-refractivity contribution in [2.75, 3.05) is 11.9 Å². The van der Waals surface area contributed by atoms with Gasteiger partial charge in [0.25, 0.3) is 5.91 Å². The molecule has 0 saturated carbocycles. The van der Waals surface area contributed by atoms with Gasteiger partial charge in [0, 0.05) is 17.4 Å². The number of amides is 1. The molecule has 0 bridgehead atoms. The molecule has 0 spiro atoms. The van der Waals surface area contributed by atoms with E-state index in [-0.39, 0.29) is 22.8 Å². The van der Waals surface area contributed by atoms with Crippen LogP contribution in [0, 0.1) is 48.0 Å². The van der Waals surface area contributed by atoms with Crippen LogP contribution >= 0.6 is 0 Å². The predicted molar refractivity (Wildman–Crippen MR) is 112 cm³/mol. The van der Waals surface area contributed by atoms with Gasteiger partial charge in [-0.25, -0.2) is 4.39 Å². The molecule has 3 aromatic rings. The Kier molecular flexibility index (Phi) is 6.02. The number of carbonyl (C=O) groups is 1. The Bertz CT molecular complexity index is 1210. The smallest absolute Gasteiger partial charge is 0.311 e. The summed E-state index contributed by atoms with van der Waals surface area (Å²) in [6, 6.07) is 12.1. The molecular formula is C22H19FN4O4. The minimum Gasteiger partial charge on any atom is -0.477 e. The Labute approximate surface area is 177 Å². The number of ether oxygens (including phenoxy) is 1. The number of aromatic nitrogens is 1. The number of halogens is 1. The fourth-order valence-electron chi connectivity index (χ4n) is 3.18. The van der Waals surface area contributed by atoms with E-state index in [1.165, 1.54) is 36.4 Å². The lowest BCUT2D eigenvalue weighted by Crippen LogP contribution is -2.22. The average Bonchev–Trinajstić information content (AvgIpc) is 2.97. The molecule has 2 aromatic carbocycles. The van der Waals surface area contributed by atoms with Crippen LogP contribution in [0.1, 0.15) is 22.4 Å². The minimum atomic E-state index is -0.604. The van der Waals surface area contributed by atoms with Gasteiger partial charge in [-0.3, -0.25) is 19.5 Å². The summed E-state index contributed by atoms with van der Waals surface area (Å²) in [5.41, 5.74) is 2.63. The highest BCUT2D eigenvalue weighted by Gasteiger charge is 2.22. The lowest BCUT2D eigenvalue weighted by molar-refractivity contribution is -0.385. The molecule has 0 radical (unpaired) electrons. The number of rotatable bonds is 6. The fraction of sp³-hybridized carbons (Fsp3) is 0.182. The second kappa shape index (κ2) is 8.67. The third kappa shape index (κ3) is 4.38. The quantitative estimate of drug-likeness (QED) is 0.469. The van der Waals surface area contributed by atoms with E-state index in [4.69, 9.17) is 4.74 Å². The van der Waals surface area contributed by atoms with Crippen LogP contribution in [0.5, 0.6) is 5.75 Å². The first kappa shape index (κ1) is 21.5. The van der Waals surface area contributed by atoms with Gasteiger partial charge in [-0.15, -0.1) is 0 Å². The van der Waals surface area contributed by atoms with Crippen LogP contribution in [0.2, 0.25) is 0 Å². The van der Waals surface area contributed by atoms with E-state index in [9.17, 15) is 24.6 Å². The summed E-state index contributed by atoms with van der Waals surface area (Å²) < 4.78 is 20.3. The topological polar surface area (TPSA) is 110 Å². The Morgan fingerprint density at radius 2 is 1.90 bits per heavy atom. The molecule has 8 nitrogen and oxygen atoms in total. The standard InChI is InChI=1S/C22H19FN4O4/c1-13-4-9-20(19(10-13)27(29)30)31-12-21(28)25-22-18(11-24)14(2)15(3)26(22)17-7-5-16(23)6-8-17/h4-10H,12H2,1-3H3,(H,25,28). The molecule has 0 atom stereocenters. The number of nitrogens with zero attached hydrogens (tertiary/aromatic N) is 3. The predicted octanol–water partition coefficient (Wildman–Crippen LogP) is 4.34. The maximum atomic E-state index is 13.3. The maximum absolute atomic E-state index is 13.3. The summed E-state index contributed by atoms with van der Waals surface area (Å²) in [5, 5.41) is 23.5. The highest BCUT2D eigenvalue weighted by atomic mass is 19.1. The van der Waals surface area contributed by atoms with E-state index in [1.807, 2.05) is 0 Å². The lowest BCUT2D eigenvalue weighted by Gasteiger charge is -2.13. The number of nitro groups is 1. The number of benzene rings is 2. The third-order valence-corrected chi connectivity index (χ3v) is 4.84. The first-order valence-electron chi connectivity index (χ1n) is 9.28. The first-order chi connectivity index (χ1) is 14.7. The Morgan fingerprint density at radius 1 is 1.23 bits per heavy atom. The number of aryl methyl sites for hydroxylation is 1. The van der Waals surface area contributed by atoms with Crippen molar-refractivity contribution in [2.24, 2.45) is 0 Å². The number of nitro benzene ring substituents is 1. The zero-order valence-corrected chi connectivity index (χ0v) is 17.1. The van der Waals surface area contributed by atoms with Crippen LogP contribution in [-0.2, 0) is 4.79 Å². The van der Waals surface area contributed by atoms with Gasteiger partial charge in [0.2, 0.25) is 0 Å². The van der Waals surface area contributed by atoms with Gasteiger partial charge in [0.05, 0.1) is 10.5 Å². The van der Waals surface area contributed by atoms with Crippen molar-refractivity contribution in [3.63, 3.8) is 0 Å². The van der Waals surface area contributed by atoms with Crippen LogP contribution < -0.4 is 10.1 Å². The van der Waals surface area contributed by atoms with Crippen molar-refractivity contribution in [2.45, 2.75) is 20.8 Å². The van der Waals surface area contributed by atoms with Crippen molar-refractivity contribution in [3.8, 4) is 17.5 Å². The van der Waals surface area contributed by atoms with Gasteiger partial charge in [-0.1, -0.05) is 6.07 Å². The number of hydrogen-bond acceptors (Lipinski definition) is 5. The van der Waals surface area contributed by atoms with E-state index in [2.05, 4.69) is 11.4 Å². The van der Waals surface area contributed by atoms with Crippen LogP contribution in [0.15, 0.2) is 42.5 Å².